The molecule has 1 saturated carbocycles. The van der Waals surface area contributed by atoms with Gasteiger partial charge in [0.15, 0.2) is 5.96 Å². The van der Waals surface area contributed by atoms with Crippen LogP contribution in [0.4, 0.5) is 0 Å². The molecule has 1 aromatic rings. The van der Waals surface area contributed by atoms with Crippen molar-refractivity contribution in [1.82, 2.24) is 10.6 Å². The first kappa shape index (κ1) is 24.8. The van der Waals surface area contributed by atoms with Crippen LogP contribution in [0.5, 0.6) is 5.75 Å². The number of hydrogen-bond donors (Lipinski definition) is 3. The van der Waals surface area contributed by atoms with E-state index in [-0.39, 0.29) is 17.4 Å². The van der Waals surface area contributed by atoms with Crippen molar-refractivity contribution in [2.45, 2.75) is 70.6 Å². The number of aliphatic hydroxyl groups excluding tert-OH is 1. The number of guanidine groups is 1. The fraction of sp³-hybridized carbons (Fsp3) is 0.731. The lowest BCUT2D eigenvalue weighted by molar-refractivity contribution is 0.0513. The Bertz CT molecular complexity index is 687. The van der Waals surface area contributed by atoms with Crippen LogP contribution in [0.3, 0.4) is 0 Å². The first-order chi connectivity index (χ1) is 15.7. The molecule has 0 bridgehead atoms. The quantitative estimate of drug-likeness (QED) is 0.375. The minimum atomic E-state index is 0.0206. The standard InChI is InChI=1S/C26H43N3O3/c1-3-27-24(28-20-25(14-17-30)12-6-5-7-13-25)29-21-26(15-18-31-19-16-26)22-8-10-23(11-9-22)32-4-2/h8-11,30H,3-7,12-21H2,1-2H3,(H2,27,28,29). The minimum Gasteiger partial charge on any atom is -0.494 e. The first-order valence-corrected chi connectivity index (χ1v) is 12.6. The molecule has 1 saturated heterocycles. The second-order valence-electron chi connectivity index (χ2n) is 9.43. The van der Waals surface area contributed by atoms with E-state index in [2.05, 4.69) is 41.8 Å². The van der Waals surface area contributed by atoms with Crippen LogP contribution in [0.15, 0.2) is 29.3 Å². The lowest BCUT2D eigenvalue weighted by Crippen LogP contribution is -2.48. The first-order valence-electron chi connectivity index (χ1n) is 12.6. The molecule has 1 aliphatic carbocycles. The zero-order valence-electron chi connectivity index (χ0n) is 20.1. The van der Waals surface area contributed by atoms with Gasteiger partial charge >= 0.3 is 0 Å². The van der Waals surface area contributed by atoms with Crippen LogP contribution in [0, 0.1) is 5.41 Å². The van der Waals surface area contributed by atoms with Crippen molar-refractivity contribution in [2.75, 3.05) is 46.1 Å². The second kappa shape index (κ2) is 12.4. The Morgan fingerprint density at radius 1 is 1.03 bits per heavy atom. The number of rotatable bonds is 10. The van der Waals surface area contributed by atoms with Crippen LogP contribution < -0.4 is 15.4 Å². The highest BCUT2D eigenvalue weighted by atomic mass is 16.5. The van der Waals surface area contributed by atoms with Crippen LogP contribution in [0.2, 0.25) is 0 Å². The largest absolute Gasteiger partial charge is 0.494 e. The summed E-state index contributed by atoms with van der Waals surface area (Å²) in [5.41, 5.74) is 1.50. The van der Waals surface area contributed by atoms with Crippen molar-refractivity contribution in [2.24, 2.45) is 10.4 Å². The highest BCUT2D eigenvalue weighted by Crippen LogP contribution is 2.39. The molecule has 3 rings (SSSR count). The third kappa shape index (κ3) is 6.61. The minimum absolute atomic E-state index is 0.0206. The smallest absolute Gasteiger partial charge is 0.191 e. The second-order valence-corrected chi connectivity index (χ2v) is 9.43. The molecule has 1 aromatic carbocycles. The van der Waals surface area contributed by atoms with E-state index in [0.717, 1.165) is 63.8 Å². The van der Waals surface area contributed by atoms with Crippen molar-refractivity contribution in [3.05, 3.63) is 29.8 Å². The van der Waals surface area contributed by atoms with Gasteiger partial charge in [0.1, 0.15) is 5.75 Å². The van der Waals surface area contributed by atoms with Gasteiger partial charge in [-0.1, -0.05) is 31.4 Å². The van der Waals surface area contributed by atoms with Crippen molar-refractivity contribution >= 4 is 5.96 Å². The molecule has 6 nitrogen and oxygen atoms in total. The molecule has 0 amide bonds. The Balaban J connectivity index is 1.72. The molecule has 2 aliphatic rings. The normalized spacial score (nSPS) is 20.5. The molecule has 2 fully saturated rings. The van der Waals surface area contributed by atoms with Crippen LogP contribution in [-0.2, 0) is 10.2 Å². The molecule has 0 unspecified atom stereocenters. The maximum Gasteiger partial charge on any atom is 0.191 e. The van der Waals surface area contributed by atoms with Crippen molar-refractivity contribution in [3.63, 3.8) is 0 Å². The van der Waals surface area contributed by atoms with E-state index < -0.39 is 0 Å². The van der Waals surface area contributed by atoms with E-state index in [1.807, 2.05) is 6.92 Å². The summed E-state index contributed by atoms with van der Waals surface area (Å²) in [6.45, 7) is 9.05. The maximum absolute atomic E-state index is 9.64. The van der Waals surface area contributed by atoms with Gasteiger partial charge in [-0.3, -0.25) is 4.99 Å². The summed E-state index contributed by atoms with van der Waals surface area (Å²) in [6, 6.07) is 8.58. The zero-order chi connectivity index (χ0) is 22.7. The summed E-state index contributed by atoms with van der Waals surface area (Å²) in [6.07, 6.45) is 8.98. The molecule has 1 heterocycles. The Morgan fingerprint density at radius 2 is 1.75 bits per heavy atom. The predicted molar refractivity (Wildman–Crippen MR) is 131 cm³/mol. The summed E-state index contributed by atoms with van der Waals surface area (Å²) in [7, 11) is 0. The average molecular weight is 446 g/mol. The fourth-order valence-electron chi connectivity index (χ4n) is 5.27. The molecule has 180 valence electrons. The van der Waals surface area contributed by atoms with Gasteiger partial charge in [-0.05, 0) is 69.1 Å². The van der Waals surface area contributed by atoms with Gasteiger partial charge in [-0.2, -0.15) is 0 Å². The van der Waals surface area contributed by atoms with E-state index in [1.54, 1.807) is 0 Å². The summed E-state index contributed by atoms with van der Waals surface area (Å²) < 4.78 is 11.4. The number of hydrogen-bond acceptors (Lipinski definition) is 4. The van der Waals surface area contributed by atoms with Crippen LogP contribution >= 0.6 is 0 Å². The van der Waals surface area contributed by atoms with Crippen molar-refractivity contribution in [3.8, 4) is 5.75 Å². The number of nitrogens with zero attached hydrogens (tertiary/aromatic N) is 1. The predicted octanol–water partition coefficient (Wildman–Crippen LogP) is 4.02. The number of benzene rings is 1. The van der Waals surface area contributed by atoms with E-state index in [1.165, 1.54) is 37.7 Å². The number of aliphatic imine (C=N–C) groups is 1. The lowest BCUT2D eigenvalue weighted by atomic mass is 9.72. The Morgan fingerprint density at radius 3 is 2.38 bits per heavy atom. The van der Waals surface area contributed by atoms with Gasteiger partial charge in [-0.15, -0.1) is 0 Å². The Kier molecular flexibility index (Phi) is 9.67. The molecule has 3 N–H and O–H groups in total. The van der Waals surface area contributed by atoms with Gasteiger partial charge in [-0.25, -0.2) is 0 Å². The fourth-order valence-corrected chi connectivity index (χ4v) is 5.27. The number of ether oxygens (including phenoxy) is 2. The third-order valence-electron chi connectivity index (χ3n) is 7.29. The topological polar surface area (TPSA) is 75.1 Å². The Hall–Kier alpha value is -1.79. The van der Waals surface area contributed by atoms with Gasteiger partial charge in [0.25, 0.3) is 0 Å². The van der Waals surface area contributed by atoms with E-state index >= 15 is 0 Å². The van der Waals surface area contributed by atoms with Gasteiger partial charge in [0, 0.05) is 44.9 Å². The zero-order valence-corrected chi connectivity index (χ0v) is 20.1. The summed E-state index contributed by atoms with van der Waals surface area (Å²) in [5, 5.41) is 16.7. The SMILES string of the molecule is CCNC(=NCC1(CCO)CCCCC1)NCC1(c2ccc(OCC)cc2)CCOCC1. The molecule has 32 heavy (non-hydrogen) atoms. The lowest BCUT2D eigenvalue weighted by Gasteiger charge is -2.39. The summed E-state index contributed by atoms with van der Waals surface area (Å²) in [4.78, 5) is 5.01. The highest BCUT2D eigenvalue weighted by Gasteiger charge is 2.35. The van der Waals surface area contributed by atoms with Crippen molar-refractivity contribution in [1.29, 1.82) is 0 Å². The average Bonchev–Trinajstić information content (AvgIpc) is 2.83. The van der Waals surface area contributed by atoms with E-state index in [9.17, 15) is 5.11 Å². The Labute approximate surface area is 194 Å². The van der Waals surface area contributed by atoms with Gasteiger partial charge in [0.05, 0.1) is 6.61 Å². The van der Waals surface area contributed by atoms with Gasteiger partial charge < -0.3 is 25.2 Å². The molecule has 1 aliphatic heterocycles. The monoisotopic (exact) mass is 445 g/mol. The third-order valence-corrected chi connectivity index (χ3v) is 7.29. The molecular weight excluding hydrogens is 402 g/mol. The molecule has 6 heteroatoms. The summed E-state index contributed by atoms with van der Waals surface area (Å²) >= 11 is 0. The van der Waals surface area contributed by atoms with E-state index in [4.69, 9.17) is 14.5 Å². The van der Waals surface area contributed by atoms with Crippen LogP contribution in [0.25, 0.3) is 0 Å². The summed E-state index contributed by atoms with van der Waals surface area (Å²) in [5.74, 6) is 1.80. The molecule has 0 radical (unpaired) electrons. The van der Waals surface area contributed by atoms with Crippen LogP contribution in [0.1, 0.15) is 70.8 Å². The molecular formula is C26H43N3O3. The highest BCUT2D eigenvalue weighted by molar-refractivity contribution is 5.80. The molecule has 0 spiro atoms. The molecule has 0 aromatic heterocycles. The molecule has 0 atom stereocenters. The number of aliphatic hydroxyl groups is 1. The maximum atomic E-state index is 9.64. The van der Waals surface area contributed by atoms with E-state index in [0.29, 0.717) is 6.61 Å². The van der Waals surface area contributed by atoms with Gasteiger partial charge in [0.2, 0.25) is 0 Å². The van der Waals surface area contributed by atoms with Crippen molar-refractivity contribution < 1.29 is 14.6 Å². The van der Waals surface area contributed by atoms with Crippen LogP contribution in [-0.4, -0.2) is 57.1 Å². The number of nitrogens with one attached hydrogen (secondary N) is 2.